The lowest BCUT2D eigenvalue weighted by atomic mass is 9.73. The van der Waals surface area contributed by atoms with Crippen LogP contribution in [-0.2, 0) is 17.6 Å². The highest BCUT2D eigenvalue weighted by Crippen LogP contribution is 2.48. The Kier molecular flexibility index (Phi) is 7.36. The predicted molar refractivity (Wildman–Crippen MR) is 107 cm³/mol. The molecule has 2 aliphatic carbocycles. The van der Waals surface area contributed by atoms with Gasteiger partial charge in [-0.1, -0.05) is 38.3 Å². The second-order valence-electron chi connectivity index (χ2n) is 8.60. The third-order valence-corrected chi connectivity index (χ3v) is 6.67. The van der Waals surface area contributed by atoms with Crippen molar-refractivity contribution >= 4 is 5.97 Å². The number of aliphatic hydroxyl groups excluding tert-OH is 2. The maximum atomic E-state index is 10.8. The molecule has 5 nitrogen and oxygen atoms in total. The summed E-state index contributed by atoms with van der Waals surface area (Å²) in [6.45, 7) is 1.84. The Labute approximate surface area is 167 Å². The number of aliphatic hydroxyl groups is 2. The molecule has 1 aromatic rings. The molecule has 5 atom stereocenters. The highest BCUT2D eigenvalue weighted by molar-refractivity contribution is 5.68. The van der Waals surface area contributed by atoms with Gasteiger partial charge in [-0.2, -0.15) is 0 Å². The van der Waals surface area contributed by atoms with E-state index in [9.17, 15) is 15.0 Å². The molecule has 0 heterocycles. The average molecular weight is 391 g/mol. The van der Waals surface area contributed by atoms with E-state index < -0.39 is 5.97 Å². The molecule has 156 valence electrons. The third-order valence-electron chi connectivity index (χ3n) is 6.67. The number of carbonyl (C=O) groups is 1. The Morgan fingerprint density at radius 1 is 1.25 bits per heavy atom. The molecule has 0 spiro atoms. The van der Waals surface area contributed by atoms with Crippen molar-refractivity contribution in [3.05, 3.63) is 29.3 Å². The van der Waals surface area contributed by atoms with Crippen molar-refractivity contribution in [3.63, 3.8) is 0 Å². The number of aliphatic carboxylic acids is 1. The second-order valence-corrected chi connectivity index (χ2v) is 8.60. The van der Waals surface area contributed by atoms with Gasteiger partial charge in [0.2, 0.25) is 0 Å². The molecule has 0 saturated heterocycles. The topological polar surface area (TPSA) is 87.0 Å². The molecular formula is C23H34O5. The molecule has 1 unspecified atom stereocenters. The molecule has 1 aromatic carbocycles. The number of rotatable bonds is 10. The Morgan fingerprint density at radius 2 is 2.07 bits per heavy atom. The van der Waals surface area contributed by atoms with E-state index in [1.54, 1.807) is 0 Å². The molecule has 3 rings (SSSR count). The SMILES string of the molecule is CCCCC[C@H](O)CC[C@@H]1C2Cc3cccc(OCC(=O)O)c3C[C@H]2C[C@H]1O. The maximum Gasteiger partial charge on any atom is 0.341 e. The summed E-state index contributed by atoms with van der Waals surface area (Å²) in [5.74, 6) is 0.768. The van der Waals surface area contributed by atoms with Gasteiger partial charge in [0, 0.05) is 0 Å². The third kappa shape index (κ3) is 5.06. The van der Waals surface area contributed by atoms with Gasteiger partial charge in [0.1, 0.15) is 5.75 Å². The Bertz CT molecular complexity index is 658. The lowest BCUT2D eigenvalue weighted by molar-refractivity contribution is -0.139. The van der Waals surface area contributed by atoms with Gasteiger partial charge in [0.25, 0.3) is 0 Å². The Hall–Kier alpha value is -1.59. The molecule has 1 saturated carbocycles. The smallest absolute Gasteiger partial charge is 0.341 e. The van der Waals surface area contributed by atoms with E-state index in [0.717, 1.165) is 63.4 Å². The van der Waals surface area contributed by atoms with Gasteiger partial charge < -0.3 is 20.1 Å². The van der Waals surface area contributed by atoms with Gasteiger partial charge in [0.15, 0.2) is 6.61 Å². The highest BCUT2D eigenvalue weighted by Gasteiger charge is 2.44. The number of benzene rings is 1. The van der Waals surface area contributed by atoms with Crippen molar-refractivity contribution in [2.24, 2.45) is 17.8 Å². The van der Waals surface area contributed by atoms with Crippen LogP contribution < -0.4 is 4.74 Å². The fourth-order valence-electron chi connectivity index (χ4n) is 5.24. The normalized spacial score (nSPS) is 27.1. The first kappa shape index (κ1) is 21.1. The van der Waals surface area contributed by atoms with Crippen LogP contribution in [0.15, 0.2) is 18.2 Å². The molecule has 0 bridgehead atoms. The number of carboxylic acid groups (broad SMARTS) is 1. The van der Waals surface area contributed by atoms with Gasteiger partial charge >= 0.3 is 5.97 Å². The van der Waals surface area contributed by atoms with E-state index in [4.69, 9.17) is 9.84 Å². The summed E-state index contributed by atoms with van der Waals surface area (Å²) in [6.07, 6.45) is 7.85. The lowest BCUT2D eigenvalue weighted by Crippen LogP contribution is -2.28. The summed E-state index contributed by atoms with van der Waals surface area (Å²) < 4.78 is 5.50. The van der Waals surface area contributed by atoms with Gasteiger partial charge in [-0.05, 0) is 73.5 Å². The second kappa shape index (κ2) is 9.75. The maximum absolute atomic E-state index is 10.8. The first-order valence-electron chi connectivity index (χ1n) is 10.8. The standard InChI is InChI=1S/C23H34O5/c1-2-3-4-7-17(24)9-10-18-19-11-15-6-5-8-22(28-14-23(26)27)20(15)12-16(19)13-21(18)25/h5-6,8,16-19,21,24-25H,2-4,7,9-14H2,1H3,(H,26,27)/t16-,17-,18+,19?,21+/m0/s1. The van der Waals surface area contributed by atoms with Crippen LogP contribution in [0.3, 0.4) is 0 Å². The Balaban J connectivity index is 1.62. The van der Waals surface area contributed by atoms with Crippen molar-refractivity contribution in [2.45, 2.75) is 76.9 Å². The van der Waals surface area contributed by atoms with Crippen LogP contribution in [0, 0.1) is 17.8 Å². The number of ether oxygens (including phenoxy) is 1. The minimum atomic E-state index is -0.972. The number of hydrogen-bond acceptors (Lipinski definition) is 4. The van der Waals surface area contributed by atoms with E-state index in [2.05, 4.69) is 13.0 Å². The molecule has 0 aromatic heterocycles. The fraction of sp³-hybridized carbons (Fsp3) is 0.696. The number of carboxylic acids is 1. The van der Waals surface area contributed by atoms with Crippen molar-refractivity contribution < 1.29 is 24.9 Å². The zero-order valence-electron chi connectivity index (χ0n) is 16.8. The van der Waals surface area contributed by atoms with Crippen molar-refractivity contribution in [2.75, 3.05) is 6.61 Å². The summed E-state index contributed by atoms with van der Waals surface area (Å²) in [4.78, 5) is 10.8. The summed E-state index contributed by atoms with van der Waals surface area (Å²) >= 11 is 0. The van der Waals surface area contributed by atoms with Crippen molar-refractivity contribution in [1.29, 1.82) is 0 Å². The van der Waals surface area contributed by atoms with Crippen LogP contribution in [0.2, 0.25) is 0 Å². The summed E-state index contributed by atoms with van der Waals surface area (Å²) in [7, 11) is 0. The van der Waals surface area contributed by atoms with Crippen LogP contribution in [-0.4, -0.2) is 40.1 Å². The summed E-state index contributed by atoms with van der Waals surface area (Å²) in [6, 6.07) is 5.87. The zero-order valence-corrected chi connectivity index (χ0v) is 16.8. The first-order valence-corrected chi connectivity index (χ1v) is 10.8. The van der Waals surface area contributed by atoms with Crippen LogP contribution in [0.25, 0.3) is 0 Å². The van der Waals surface area contributed by atoms with E-state index in [1.165, 1.54) is 5.56 Å². The van der Waals surface area contributed by atoms with Crippen molar-refractivity contribution in [1.82, 2.24) is 0 Å². The summed E-state index contributed by atoms with van der Waals surface area (Å²) in [5, 5.41) is 29.8. The van der Waals surface area contributed by atoms with E-state index in [-0.39, 0.29) is 24.7 Å². The molecule has 3 N–H and O–H groups in total. The molecule has 0 radical (unpaired) electrons. The van der Waals surface area contributed by atoms with Gasteiger partial charge in [-0.3, -0.25) is 0 Å². The molecule has 0 aliphatic heterocycles. The molecule has 2 aliphatic rings. The quantitative estimate of drug-likeness (QED) is 0.532. The molecule has 1 fully saturated rings. The monoisotopic (exact) mass is 390 g/mol. The van der Waals surface area contributed by atoms with E-state index in [0.29, 0.717) is 17.6 Å². The van der Waals surface area contributed by atoms with Crippen molar-refractivity contribution in [3.8, 4) is 5.75 Å². The van der Waals surface area contributed by atoms with Crippen LogP contribution in [0.4, 0.5) is 0 Å². The largest absolute Gasteiger partial charge is 0.482 e. The molecule has 5 heteroatoms. The average Bonchev–Trinajstić information content (AvgIpc) is 2.97. The van der Waals surface area contributed by atoms with E-state index >= 15 is 0 Å². The van der Waals surface area contributed by atoms with Crippen LogP contribution in [0.1, 0.15) is 63.0 Å². The predicted octanol–water partition coefficient (Wildman–Crippen LogP) is 3.58. The highest BCUT2D eigenvalue weighted by atomic mass is 16.5. The summed E-state index contributed by atoms with van der Waals surface area (Å²) in [5.41, 5.74) is 2.32. The van der Waals surface area contributed by atoms with Gasteiger partial charge in [-0.25, -0.2) is 4.79 Å². The lowest BCUT2D eigenvalue weighted by Gasteiger charge is -2.32. The fourth-order valence-corrected chi connectivity index (χ4v) is 5.24. The number of fused-ring (bicyclic) bond motifs is 2. The minimum absolute atomic E-state index is 0.238. The minimum Gasteiger partial charge on any atom is -0.482 e. The Morgan fingerprint density at radius 3 is 2.82 bits per heavy atom. The zero-order chi connectivity index (χ0) is 20.1. The molecule has 28 heavy (non-hydrogen) atoms. The number of hydrogen-bond donors (Lipinski definition) is 3. The van der Waals surface area contributed by atoms with Gasteiger partial charge in [0.05, 0.1) is 12.2 Å². The van der Waals surface area contributed by atoms with E-state index in [1.807, 2.05) is 12.1 Å². The molecule has 0 amide bonds. The van der Waals surface area contributed by atoms with Crippen LogP contribution >= 0.6 is 0 Å². The molecular weight excluding hydrogens is 356 g/mol. The number of unbranched alkanes of at least 4 members (excludes halogenated alkanes) is 2. The van der Waals surface area contributed by atoms with Gasteiger partial charge in [-0.15, -0.1) is 0 Å². The van der Waals surface area contributed by atoms with Crippen LogP contribution in [0.5, 0.6) is 5.75 Å². The first-order chi connectivity index (χ1) is 13.5.